The molecule has 0 fully saturated rings. The smallest absolute Gasteiger partial charge is 0.266 e. The molecule has 0 N–H and O–H groups in total. The third kappa shape index (κ3) is 5.19. The number of benzene rings is 3. The molecule has 1 heterocycles. The second-order valence-electron chi connectivity index (χ2n) is 9.37. The molecule has 1 unspecified atom stereocenters. The Kier molecular flexibility index (Phi) is 7.45. The van der Waals surface area contributed by atoms with Crippen molar-refractivity contribution in [1.29, 1.82) is 0 Å². The van der Waals surface area contributed by atoms with Crippen LogP contribution in [0.5, 0.6) is 0 Å². The summed E-state index contributed by atoms with van der Waals surface area (Å²) in [6.45, 7) is 8.94. The molecular formula is C30H33N3O2. The van der Waals surface area contributed by atoms with Crippen LogP contribution in [0, 0.1) is 5.92 Å². The number of nitrogens with zero attached hydrogens (tertiary/aromatic N) is 3. The van der Waals surface area contributed by atoms with E-state index in [9.17, 15) is 9.59 Å². The topological polar surface area (TPSA) is 55.2 Å². The summed E-state index contributed by atoms with van der Waals surface area (Å²) >= 11 is 0. The van der Waals surface area contributed by atoms with Gasteiger partial charge in [-0.25, -0.2) is 4.98 Å². The Morgan fingerprint density at radius 2 is 1.57 bits per heavy atom. The molecule has 0 saturated carbocycles. The maximum absolute atomic E-state index is 13.8. The van der Waals surface area contributed by atoms with Crippen molar-refractivity contribution in [3.63, 3.8) is 0 Å². The van der Waals surface area contributed by atoms with Gasteiger partial charge in [0.25, 0.3) is 11.5 Å². The Bertz CT molecular complexity index is 1360. The first-order valence-electron chi connectivity index (χ1n) is 12.4. The van der Waals surface area contributed by atoms with Gasteiger partial charge in [-0.15, -0.1) is 0 Å². The fourth-order valence-electron chi connectivity index (χ4n) is 4.31. The lowest BCUT2D eigenvalue weighted by molar-refractivity contribution is 0.0671. The van der Waals surface area contributed by atoms with Gasteiger partial charge in [-0.3, -0.25) is 14.2 Å². The Balaban J connectivity index is 1.89. The average Bonchev–Trinajstić information content (AvgIpc) is 2.89. The van der Waals surface area contributed by atoms with Crippen LogP contribution in [0.3, 0.4) is 0 Å². The van der Waals surface area contributed by atoms with Crippen molar-refractivity contribution >= 4 is 16.8 Å². The number of rotatable bonds is 8. The van der Waals surface area contributed by atoms with Gasteiger partial charge < -0.3 is 4.90 Å². The van der Waals surface area contributed by atoms with Crippen LogP contribution in [-0.2, 0) is 6.42 Å². The first-order chi connectivity index (χ1) is 16.9. The van der Waals surface area contributed by atoms with E-state index in [2.05, 4.69) is 20.8 Å². The molecule has 3 aromatic carbocycles. The molecule has 5 heteroatoms. The number of aryl methyl sites for hydroxylation is 1. The summed E-state index contributed by atoms with van der Waals surface area (Å²) in [6, 6.07) is 24.3. The van der Waals surface area contributed by atoms with Crippen LogP contribution in [0.4, 0.5) is 0 Å². The quantitative estimate of drug-likeness (QED) is 0.310. The lowest BCUT2D eigenvalue weighted by Crippen LogP contribution is -2.38. The third-order valence-electron chi connectivity index (χ3n) is 6.47. The minimum atomic E-state index is -0.412. The first kappa shape index (κ1) is 24.4. The number of fused-ring (bicyclic) bond motifs is 1. The molecule has 1 aromatic heterocycles. The fourth-order valence-corrected chi connectivity index (χ4v) is 4.31. The van der Waals surface area contributed by atoms with E-state index in [1.54, 1.807) is 4.57 Å². The van der Waals surface area contributed by atoms with Gasteiger partial charge >= 0.3 is 0 Å². The minimum Gasteiger partial charge on any atom is -0.329 e. The Morgan fingerprint density at radius 1 is 0.914 bits per heavy atom. The molecule has 0 aliphatic rings. The highest BCUT2D eigenvalue weighted by Crippen LogP contribution is 2.25. The average molecular weight is 468 g/mol. The first-order valence-corrected chi connectivity index (χ1v) is 12.4. The van der Waals surface area contributed by atoms with Crippen LogP contribution in [0.15, 0.2) is 83.7 Å². The molecule has 1 amide bonds. The summed E-state index contributed by atoms with van der Waals surface area (Å²) in [4.78, 5) is 34.2. The molecule has 5 nitrogen and oxygen atoms in total. The van der Waals surface area contributed by atoms with E-state index < -0.39 is 6.04 Å². The van der Waals surface area contributed by atoms with E-state index in [0.29, 0.717) is 34.8 Å². The van der Waals surface area contributed by atoms with Gasteiger partial charge in [-0.05, 0) is 67.6 Å². The van der Waals surface area contributed by atoms with Gasteiger partial charge in [-0.2, -0.15) is 0 Å². The summed E-state index contributed by atoms with van der Waals surface area (Å²) in [5, 5.41) is 0.561. The van der Waals surface area contributed by atoms with Gasteiger partial charge in [0.1, 0.15) is 5.82 Å². The lowest BCUT2D eigenvalue weighted by Gasteiger charge is -2.31. The highest BCUT2D eigenvalue weighted by Gasteiger charge is 2.27. The fraction of sp³-hybridized carbons (Fsp3) is 0.300. The van der Waals surface area contributed by atoms with Crippen molar-refractivity contribution in [2.75, 3.05) is 6.54 Å². The molecular weight excluding hydrogens is 434 g/mol. The van der Waals surface area contributed by atoms with Crippen LogP contribution >= 0.6 is 0 Å². The van der Waals surface area contributed by atoms with Crippen LogP contribution in [0.25, 0.3) is 16.6 Å². The standard InChI is InChI=1S/C30H33N3O2/c1-5-23-15-17-25(18-16-23)33-28(31-27-14-10-9-13-26(27)30(33)35)22(4)32(20-19-21(2)3)29(34)24-11-7-6-8-12-24/h6-18,21-22H,5,19-20H2,1-4H3. The minimum absolute atomic E-state index is 0.0611. The van der Waals surface area contributed by atoms with Crippen LogP contribution in [0.2, 0.25) is 0 Å². The van der Waals surface area contributed by atoms with Crippen LogP contribution in [-0.4, -0.2) is 26.9 Å². The zero-order valence-electron chi connectivity index (χ0n) is 20.9. The lowest BCUT2D eigenvalue weighted by atomic mass is 10.1. The van der Waals surface area contributed by atoms with E-state index in [1.807, 2.05) is 90.7 Å². The number of amides is 1. The van der Waals surface area contributed by atoms with E-state index in [1.165, 1.54) is 5.56 Å². The monoisotopic (exact) mass is 467 g/mol. The second kappa shape index (κ2) is 10.7. The highest BCUT2D eigenvalue weighted by molar-refractivity contribution is 5.94. The summed E-state index contributed by atoms with van der Waals surface area (Å²) in [6.07, 6.45) is 1.77. The highest BCUT2D eigenvalue weighted by atomic mass is 16.2. The van der Waals surface area contributed by atoms with E-state index in [-0.39, 0.29) is 11.5 Å². The Hall–Kier alpha value is -3.73. The Morgan fingerprint density at radius 3 is 2.23 bits per heavy atom. The zero-order chi connectivity index (χ0) is 24.9. The molecule has 0 spiro atoms. The summed E-state index contributed by atoms with van der Waals surface area (Å²) in [5.74, 6) is 0.932. The summed E-state index contributed by atoms with van der Waals surface area (Å²) < 4.78 is 1.67. The predicted octanol–water partition coefficient (Wildman–Crippen LogP) is 6.20. The molecule has 0 aliphatic carbocycles. The van der Waals surface area contributed by atoms with E-state index in [0.717, 1.165) is 18.5 Å². The van der Waals surface area contributed by atoms with Crippen LogP contribution < -0.4 is 5.56 Å². The molecule has 0 saturated heterocycles. The van der Waals surface area contributed by atoms with Crippen LogP contribution in [0.1, 0.15) is 61.9 Å². The van der Waals surface area contributed by atoms with Gasteiger partial charge in [0.15, 0.2) is 0 Å². The molecule has 0 bridgehead atoms. The largest absolute Gasteiger partial charge is 0.329 e. The van der Waals surface area contributed by atoms with Crippen molar-refractivity contribution in [2.45, 2.75) is 46.6 Å². The van der Waals surface area contributed by atoms with E-state index in [4.69, 9.17) is 4.98 Å². The van der Waals surface area contributed by atoms with Crippen molar-refractivity contribution in [3.8, 4) is 5.69 Å². The maximum Gasteiger partial charge on any atom is 0.266 e. The number of hydrogen-bond acceptors (Lipinski definition) is 3. The van der Waals surface area contributed by atoms with Crippen molar-refractivity contribution in [2.24, 2.45) is 5.92 Å². The molecule has 0 aliphatic heterocycles. The van der Waals surface area contributed by atoms with Crippen molar-refractivity contribution < 1.29 is 4.79 Å². The molecule has 4 rings (SSSR count). The molecule has 1 atom stereocenters. The van der Waals surface area contributed by atoms with Gasteiger partial charge in [0.2, 0.25) is 0 Å². The molecule has 4 aromatic rings. The predicted molar refractivity (Wildman–Crippen MR) is 142 cm³/mol. The Labute approximate surface area is 207 Å². The number of para-hydroxylation sites is 1. The number of hydrogen-bond donors (Lipinski definition) is 0. The summed E-state index contributed by atoms with van der Waals surface area (Å²) in [5.41, 5.74) is 3.09. The van der Waals surface area contributed by atoms with Gasteiger partial charge in [0, 0.05) is 12.1 Å². The SMILES string of the molecule is CCc1ccc(-n2c(C(C)N(CCC(C)C)C(=O)c3ccccc3)nc3ccccc3c2=O)cc1. The normalized spacial score (nSPS) is 12.1. The second-order valence-corrected chi connectivity index (χ2v) is 9.37. The summed E-state index contributed by atoms with van der Waals surface area (Å²) in [7, 11) is 0. The maximum atomic E-state index is 13.8. The molecule has 0 radical (unpaired) electrons. The molecule has 35 heavy (non-hydrogen) atoms. The van der Waals surface area contributed by atoms with Gasteiger partial charge in [0.05, 0.1) is 22.6 Å². The number of carbonyl (C=O) groups excluding carboxylic acids is 1. The van der Waals surface area contributed by atoms with Crippen molar-refractivity contribution in [1.82, 2.24) is 14.5 Å². The third-order valence-corrected chi connectivity index (χ3v) is 6.47. The van der Waals surface area contributed by atoms with Crippen molar-refractivity contribution in [3.05, 3.63) is 106 Å². The van der Waals surface area contributed by atoms with Gasteiger partial charge in [-0.1, -0.05) is 63.2 Å². The number of carbonyl (C=O) groups is 1. The molecule has 180 valence electrons. The zero-order valence-corrected chi connectivity index (χ0v) is 20.9. The van der Waals surface area contributed by atoms with E-state index >= 15 is 0 Å². The number of aromatic nitrogens is 2.